The van der Waals surface area contributed by atoms with Gasteiger partial charge in [-0.2, -0.15) is 74.6 Å². The van der Waals surface area contributed by atoms with Crippen LogP contribution in [0.2, 0.25) is 0 Å². The minimum absolute atomic E-state index is 0.665. The molecule has 4 N–H and O–H groups in total. The maximum Gasteiger partial charge on any atom is 0.460 e. The Hall–Kier alpha value is -3.31. The van der Waals surface area contributed by atoms with Crippen molar-refractivity contribution >= 4 is 23.9 Å². The Labute approximate surface area is 205 Å². The Kier molecular flexibility index (Phi) is 11.0. The second kappa shape index (κ2) is 11.3. The highest BCUT2D eigenvalue weighted by molar-refractivity contribution is 5.82. The second-order valence-electron chi connectivity index (χ2n) is 7.05. The summed E-state index contributed by atoms with van der Waals surface area (Å²) in [5.74, 6) is -68.3. The molecule has 25 heteroatoms. The van der Waals surface area contributed by atoms with Crippen molar-refractivity contribution < 1.29 is 114 Å². The monoisotopic (exact) mass is 640 g/mol. The van der Waals surface area contributed by atoms with Crippen molar-refractivity contribution in [2.75, 3.05) is 0 Å². The van der Waals surface area contributed by atoms with Crippen LogP contribution >= 0.6 is 0 Å². The van der Waals surface area contributed by atoms with Crippen molar-refractivity contribution in [3.8, 4) is 0 Å². The van der Waals surface area contributed by atoms with Gasteiger partial charge in [0.2, 0.25) is 0 Å². The molecule has 0 heterocycles. The van der Waals surface area contributed by atoms with E-state index in [0.717, 1.165) is 0 Å². The summed E-state index contributed by atoms with van der Waals surface area (Å²) in [4.78, 5) is 40.1. The molecule has 0 amide bonds. The van der Waals surface area contributed by atoms with Crippen LogP contribution in [0.15, 0.2) is 0 Å². The molecule has 0 rings (SSSR count). The summed E-state index contributed by atoms with van der Waals surface area (Å²) in [6.45, 7) is 0. The van der Waals surface area contributed by atoms with Crippen LogP contribution in [-0.2, 0) is 19.2 Å². The largest absolute Gasteiger partial charge is 0.481 e. The average Bonchev–Trinajstić information content (AvgIpc) is 2.71. The van der Waals surface area contributed by atoms with E-state index in [9.17, 15) is 93.8 Å². The number of halogens is 17. The van der Waals surface area contributed by atoms with E-state index in [2.05, 4.69) is 0 Å². The molecule has 0 fully saturated rings. The predicted octanol–water partition coefficient (Wildman–Crippen LogP) is 4.72. The molecule has 8 nitrogen and oxygen atoms in total. The number of hydrogen-bond donors (Lipinski definition) is 4. The average molecular weight is 640 g/mol. The highest BCUT2D eigenvalue weighted by Crippen LogP contribution is 2.63. The zero-order valence-corrected chi connectivity index (χ0v) is 17.8. The summed E-state index contributed by atoms with van der Waals surface area (Å²) >= 11 is 0. The molecule has 0 saturated carbocycles. The van der Waals surface area contributed by atoms with Crippen LogP contribution in [0.3, 0.4) is 0 Å². The van der Waals surface area contributed by atoms with Crippen molar-refractivity contribution in [2.45, 2.75) is 60.5 Å². The van der Waals surface area contributed by atoms with Crippen LogP contribution in [0.25, 0.3) is 0 Å². The number of carboxylic acid groups (broad SMARTS) is 4. The van der Waals surface area contributed by atoms with E-state index in [1.807, 2.05) is 0 Å². The molecule has 0 aliphatic heterocycles. The van der Waals surface area contributed by atoms with Gasteiger partial charge in [0.25, 0.3) is 0 Å². The van der Waals surface area contributed by atoms with Gasteiger partial charge in [0.1, 0.15) is 0 Å². The first-order chi connectivity index (χ1) is 17.1. The van der Waals surface area contributed by atoms with Gasteiger partial charge >= 0.3 is 71.5 Å². The van der Waals surface area contributed by atoms with Crippen molar-refractivity contribution in [3.63, 3.8) is 0 Å². The molecule has 0 aromatic heterocycles. The van der Waals surface area contributed by atoms with Crippen LogP contribution in [0.1, 0.15) is 12.8 Å². The molecule has 0 aliphatic rings. The number of alkyl halides is 17. The second-order valence-corrected chi connectivity index (χ2v) is 7.05. The summed E-state index contributed by atoms with van der Waals surface area (Å²) in [7, 11) is 0. The summed E-state index contributed by atoms with van der Waals surface area (Å²) in [6, 6.07) is 0. The van der Waals surface area contributed by atoms with Crippen LogP contribution in [-0.4, -0.2) is 91.9 Å². The lowest BCUT2D eigenvalue weighted by molar-refractivity contribution is -0.459. The zero-order valence-electron chi connectivity index (χ0n) is 17.8. The minimum Gasteiger partial charge on any atom is -0.481 e. The highest BCUT2D eigenvalue weighted by atomic mass is 19.4. The minimum atomic E-state index is -8.76. The Balaban J connectivity index is 0. The number of rotatable bonds is 12. The van der Waals surface area contributed by atoms with Gasteiger partial charge in [-0.3, -0.25) is 14.4 Å². The van der Waals surface area contributed by atoms with Crippen molar-refractivity contribution in [2.24, 2.45) is 5.92 Å². The quantitative estimate of drug-likeness (QED) is 0.224. The molecule has 0 bridgehead atoms. The van der Waals surface area contributed by atoms with E-state index in [-0.39, 0.29) is 0 Å². The normalized spacial score (nSPS) is 14.3. The maximum absolute atomic E-state index is 13.0. The summed E-state index contributed by atoms with van der Waals surface area (Å²) in [5, 5.41) is 32.3. The molecule has 0 aromatic rings. The lowest BCUT2D eigenvalue weighted by Gasteiger charge is -2.42. The Bertz CT molecular complexity index is 956. The highest BCUT2D eigenvalue weighted by Gasteiger charge is 2.95. The third kappa shape index (κ3) is 6.52. The van der Waals surface area contributed by atoms with E-state index < -0.39 is 90.3 Å². The molecule has 236 valence electrons. The van der Waals surface area contributed by atoms with E-state index in [1.165, 1.54) is 0 Å². The first kappa shape index (κ1) is 38.8. The van der Waals surface area contributed by atoms with E-state index in [1.54, 1.807) is 0 Å². The van der Waals surface area contributed by atoms with Gasteiger partial charge in [0, 0.05) is 0 Å². The first-order valence-electron chi connectivity index (χ1n) is 8.74. The molecular weight excluding hydrogens is 631 g/mol. The summed E-state index contributed by atoms with van der Waals surface area (Å²) < 4.78 is 214. The van der Waals surface area contributed by atoms with Crippen LogP contribution in [0.5, 0.6) is 0 Å². The number of carbonyl (C=O) groups is 4. The summed E-state index contributed by atoms with van der Waals surface area (Å²) in [6.07, 6.45) is -9.16. The number of carboxylic acids is 4. The molecule has 0 radical (unpaired) electrons. The SMILES string of the molecule is O=C(O)C(F)(F)C(F)(F)C(F)(F)C(F)(F)C(F)(F)C(F)(F)C(F)(F)C(F)(F)F.O=C(O)CC(CC(=O)O)C(=O)O. The van der Waals surface area contributed by atoms with Gasteiger partial charge in [-0.15, -0.1) is 0 Å². The third-order valence-electron chi connectivity index (χ3n) is 4.18. The van der Waals surface area contributed by atoms with Gasteiger partial charge in [-0.05, 0) is 0 Å². The number of hydrogen-bond acceptors (Lipinski definition) is 4. The first-order valence-corrected chi connectivity index (χ1v) is 8.74. The van der Waals surface area contributed by atoms with E-state index in [0.29, 0.717) is 0 Å². The lowest BCUT2D eigenvalue weighted by Crippen LogP contribution is -2.75. The lowest BCUT2D eigenvalue weighted by atomic mass is 9.89. The van der Waals surface area contributed by atoms with Gasteiger partial charge in [-0.25, -0.2) is 4.79 Å². The number of aliphatic carboxylic acids is 4. The Morgan fingerprint density at radius 2 is 0.700 bits per heavy atom. The topological polar surface area (TPSA) is 149 Å². The molecule has 0 aliphatic carbocycles. The molecule has 0 aromatic carbocycles. The van der Waals surface area contributed by atoms with Crippen LogP contribution in [0.4, 0.5) is 74.6 Å². The predicted molar refractivity (Wildman–Crippen MR) is 84.0 cm³/mol. The molecule has 0 saturated heterocycles. The van der Waals surface area contributed by atoms with Gasteiger partial charge in [0.15, 0.2) is 0 Å². The van der Waals surface area contributed by atoms with Crippen molar-refractivity contribution in [1.82, 2.24) is 0 Å². The summed E-state index contributed by atoms with van der Waals surface area (Å²) in [5.41, 5.74) is 0. The smallest absolute Gasteiger partial charge is 0.460 e. The van der Waals surface area contributed by atoms with Crippen LogP contribution in [0, 0.1) is 5.92 Å². The standard InChI is InChI=1S/C9HF17O2.C6H8O6/c10-2(11,1(27)28)3(12,13)4(14,15)5(16,17)6(18,19)7(20,21)8(22,23)9(24,25)26;7-4(8)1-3(6(11)12)2-5(9)10/h(H,27,28);3H,1-2H2,(H,7,8)(H,9,10)(H,11,12). The van der Waals surface area contributed by atoms with Gasteiger partial charge in [-0.1, -0.05) is 0 Å². The Morgan fingerprint density at radius 1 is 0.450 bits per heavy atom. The van der Waals surface area contributed by atoms with E-state index in [4.69, 9.17) is 20.4 Å². The molecule has 0 unspecified atom stereocenters. The Morgan fingerprint density at radius 3 is 0.900 bits per heavy atom. The van der Waals surface area contributed by atoms with Crippen LogP contribution < -0.4 is 0 Å². The zero-order chi connectivity index (χ0) is 33.3. The van der Waals surface area contributed by atoms with Crippen molar-refractivity contribution in [1.29, 1.82) is 0 Å². The van der Waals surface area contributed by atoms with E-state index >= 15 is 0 Å². The fraction of sp³-hybridized carbons (Fsp3) is 0.733. The molecule has 0 atom stereocenters. The fourth-order valence-electron chi connectivity index (χ4n) is 1.97. The van der Waals surface area contributed by atoms with Gasteiger partial charge < -0.3 is 20.4 Å². The third-order valence-corrected chi connectivity index (χ3v) is 4.18. The van der Waals surface area contributed by atoms with Crippen molar-refractivity contribution in [3.05, 3.63) is 0 Å². The molecule has 40 heavy (non-hydrogen) atoms. The maximum atomic E-state index is 13.0. The van der Waals surface area contributed by atoms with Gasteiger partial charge in [0.05, 0.1) is 18.8 Å². The molecule has 0 spiro atoms. The fourth-order valence-corrected chi connectivity index (χ4v) is 1.97. The molecular formula is C15H9F17O8.